The number of carbonyl (C=O) groups excluding carboxylic acids is 1. The van der Waals surface area contributed by atoms with Crippen LogP contribution in [0, 0.1) is 0 Å². The van der Waals surface area contributed by atoms with E-state index in [1.165, 1.54) is 5.38 Å². The summed E-state index contributed by atoms with van der Waals surface area (Å²) in [5, 5.41) is 3.66. The predicted molar refractivity (Wildman–Crippen MR) is 59.9 cm³/mol. The third kappa shape index (κ3) is 4.35. The van der Waals surface area contributed by atoms with Crippen molar-refractivity contribution in [2.45, 2.75) is 25.6 Å². The van der Waals surface area contributed by atoms with Crippen LogP contribution in [-0.4, -0.2) is 18.0 Å². The van der Waals surface area contributed by atoms with Crippen LogP contribution in [0.15, 0.2) is 11.4 Å². The van der Waals surface area contributed by atoms with E-state index in [9.17, 15) is 18.0 Å². The van der Waals surface area contributed by atoms with Gasteiger partial charge in [-0.05, 0) is 19.9 Å². The van der Waals surface area contributed by atoms with E-state index in [2.05, 4.69) is 5.32 Å². The molecule has 96 valence electrons. The van der Waals surface area contributed by atoms with Crippen LogP contribution in [0.1, 0.15) is 29.1 Å². The fourth-order valence-electron chi connectivity index (χ4n) is 1.01. The van der Waals surface area contributed by atoms with Crippen LogP contribution < -0.4 is 11.1 Å². The molecule has 7 heteroatoms. The Morgan fingerprint density at radius 3 is 2.47 bits per heavy atom. The summed E-state index contributed by atoms with van der Waals surface area (Å²) in [4.78, 5) is 10.7. The van der Waals surface area contributed by atoms with E-state index in [0.29, 0.717) is 11.3 Å². The van der Waals surface area contributed by atoms with Gasteiger partial charge in [0.1, 0.15) is 4.88 Å². The average Bonchev–Trinajstić information content (AvgIpc) is 2.60. The number of carbonyl (C=O) groups is 1. The summed E-state index contributed by atoms with van der Waals surface area (Å²) in [5.41, 5.74) is 5.05. The second kappa shape index (κ2) is 4.66. The van der Waals surface area contributed by atoms with Crippen LogP contribution in [0.25, 0.3) is 0 Å². The van der Waals surface area contributed by atoms with E-state index in [1.54, 1.807) is 13.8 Å². The van der Waals surface area contributed by atoms with Crippen LogP contribution in [0.2, 0.25) is 0 Å². The number of rotatable bonds is 3. The van der Waals surface area contributed by atoms with Gasteiger partial charge in [0.05, 0.1) is 5.56 Å². The summed E-state index contributed by atoms with van der Waals surface area (Å²) in [6.45, 7) is 3.62. The molecule has 0 spiro atoms. The highest BCUT2D eigenvalue weighted by Crippen LogP contribution is 2.33. The van der Waals surface area contributed by atoms with Crippen molar-refractivity contribution in [2.75, 3.05) is 6.54 Å². The van der Waals surface area contributed by atoms with Crippen molar-refractivity contribution in [3.05, 3.63) is 21.9 Å². The van der Waals surface area contributed by atoms with Gasteiger partial charge in [0, 0.05) is 17.5 Å². The van der Waals surface area contributed by atoms with E-state index in [0.717, 1.165) is 6.07 Å². The molecule has 17 heavy (non-hydrogen) atoms. The fraction of sp³-hybridized carbons (Fsp3) is 0.500. The van der Waals surface area contributed by atoms with Crippen molar-refractivity contribution in [1.29, 1.82) is 0 Å². The molecule has 0 bridgehead atoms. The first-order valence-corrected chi connectivity index (χ1v) is 5.70. The second-order valence-corrected chi connectivity index (χ2v) is 5.28. The number of halogens is 3. The molecule has 0 aliphatic carbocycles. The highest BCUT2D eigenvalue weighted by atomic mass is 32.1. The van der Waals surface area contributed by atoms with Gasteiger partial charge in [0.25, 0.3) is 5.91 Å². The Morgan fingerprint density at radius 1 is 1.47 bits per heavy atom. The van der Waals surface area contributed by atoms with E-state index < -0.39 is 22.5 Å². The minimum absolute atomic E-state index is 0.00609. The van der Waals surface area contributed by atoms with Crippen LogP contribution in [-0.2, 0) is 6.18 Å². The number of hydrogen-bond donors (Lipinski definition) is 2. The first kappa shape index (κ1) is 14.0. The summed E-state index contributed by atoms with van der Waals surface area (Å²) in [5.74, 6) is -0.546. The molecule has 0 atom stereocenters. The zero-order valence-electron chi connectivity index (χ0n) is 9.39. The molecular formula is C10H13F3N2OS. The Labute approximate surface area is 101 Å². The number of thiophene rings is 1. The lowest BCUT2D eigenvalue weighted by atomic mass is 10.1. The maximum atomic E-state index is 12.3. The fourth-order valence-corrected chi connectivity index (χ4v) is 1.77. The van der Waals surface area contributed by atoms with E-state index in [4.69, 9.17) is 5.73 Å². The normalized spacial score (nSPS) is 12.6. The molecule has 1 heterocycles. The predicted octanol–water partition coefficient (Wildman–Crippen LogP) is 2.23. The van der Waals surface area contributed by atoms with Crippen molar-refractivity contribution in [1.82, 2.24) is 5.32 Å². The molecular weight excluding hydrogens is 253 g/mol. The van der Waals surface area contributed by atoms with Gasteiger partial charge in [0.2, 0.25) is 0 Å². The molecule has 0 aliphatic rings. The Balaban J connectivity index is 2.68. The van der Waals surface area contributed by atoms with E-state index >= 15 is 0 Å². The van der Waals surface area contributed by atoms with Gasteiger partial charge in [-0.3, -0.25) is 4.79 Å². The second-order valence-electron chi connectivity index (χ2n) is 4.37. The van der Waals surface area contributed by atoms with Gasteiger partial charge in [0.15, 0.2) is 0 Å². The van der Waals surface area contributed by atoms with Crippen molar-refractivity contribution in [3.63, 3.8) is 0 Å². The van der Waals surface area contributed by atoms with Crippen LogP contribution in [0.3, 0.4) is 0 Å². The zero-order valence-corrected chi connectivity index (χ0v) is 10.2. The first-order chi connectivity index (χ1) is 7.59. The third-order valence-corrected chi connectivity index (χ3v) is 2.82. The molecule has 0 unspecified atom stereocenters. The molecule has 3 nitrogen and oxygen atoms in total. The van der Waals surface area contributed by atoms with Gasteiger partial charge in [-0.1, -0.05) is 0 Å². The minimum atomic E-state index is -4.41. The molecule has 1 rings (SSSR count). The first-order valence-electron chi connectivity index (χ1n) is 4.82. The Kier molecular flexibility index (Phi) is 3.83. The highest BCUT2D eigenvalue weighted by molar-refractivity contribution is 7.10. The molecule has 0 radical (unpaired) electrons. The number of amides is 1. The summed E-state index contributed by atoms with van der Waals surface area (Å²) in [6.07, 6.45) is -4.41. The maximum Gasteiger partial charge on any atom is 0.425 e. The monoisotopic (exact) mass is 266 g/mol. The van der Waals surface area contributed by atoms with E-state index in [1.807, 2.05) is 0 Å². The minimum Gasteiger partial charge on any atom is -0.350 e. The van der Waals surface area contributed by atoms with Crippen LogP contribution in [0.4, 0.5) is 13.2 Å². The lowest BCUT2D eigenvalue weighted by Crippen LogP contribution is -2.45. The third-order valence-electron chi connectivity index (χ3n) is 1.85. The van der Waals surface area contributed by atoms with Gasteiger partial charge >= 0.3 is 6.18 Å². The Hall–Kier alpha value is -1.08. The van der Waals surface area contributed by atoms with Crippen LogP contribution >= 0.6 is 11.3 Å². The van der Waals surface area contributed by atoms with Crippen molar-refractivity contribution < 1.29 is 18.0 Å². The molecule has 0 saturated carbocycles. The molecule has 1 aromatic heterocycles. The summed E-state index contributed by atoms with van der Waals surface area (Å²) in [7, 11) is 0. The van der Waals surface area contributed by atoms with Crippen molar-refractivity contribution in [2.24, 2.45) is 5.73 Å². The smallest absolute Gasteiger partial charge is 0.350 e. The van der Waals surface area contributed by atoms with Gasteiger partial charge in [-0.15, -0.1) is 11.3 Å². The largest absolute Gasteiger partial charge is 0.425 e. The summed E-state index contributed by atoms with van der Waals surface area (Å²) < 4.78 is 36.9. The molecule has 3 N–H and O–H groups in total. The van der Waals surface area contributed by atoms with Gasteiger partial charge < -0.3 is 11.1 Å². The van der Waals surface area contributed by atoms with E-state index in [-0.39, 0.29) is 12.1 Å². The molecule has 0 saturated heterocycles. The van der Waals surface area contributed by atoms with Gasteiger partial charge in [-0.2, -0.15) is 13.2 Å². The lowest BCUT2D eigenvalue weighted by molar-refractivity contribution is -0.134. The number of nitrogens with two attached hydrogens (primary N) is 1. The van der Waals surface area contributed by atoms with Gasteiger partial charge in [-0.25, -0.2) is 0 Å². The lowest BCUT2D eigenvalue weighted by Gasteiger charge is -2.18. The number of alkyl halides is 3. The van der Waals surface area contributed by atoms with Crippen LogP contribution in [0.5, 0.6) is 0 Å². The van der Waals surface area contributed by atoms with Crippen molar-refractivity contribution >= 4 is 17.2 Å². The number of hydrogen-bond acceptors (Lipinski definition) is 3. The standard InChI is InChI=1S/C10H13F3N2OS/c1-9(2,14)5-15-8(16)6-3-7(17-4-6)10(11,12)13/h3-4H,5,14H2,1-2H3,(H,15,16). The Morgan fingerprint density at radius 2 is 2.06 bits per heavy atom. The topological polar surface area (TPSA) is 55.1 Å². The maximum absolute atomic E-state index is 12.3. The molecule has 0 fully saturated rings. The summed E-state index contributed by atoms with van der Waals surface area (Å²) >= 11 is 0.501. The molecule has 1 aromatic rings. The SMILES string of the molecule is CC(C)(N)CNC(=O)c1csc(C(F)(F)F)c1. The molecule has 0 aromatic carbocycles. The molecule has 0 aliphatic heterocycles. The highest BCUT2D eigenvalue weighted by Gasteiger charge is 2.33. The number of nitrogens with one attached hydrogen (secondary N) is 1. The van der Waals surface area contributed by atoms with Crippen molar-refractivity contribution in [3.8, 4) is 0 Å². The average molecular weight is 266 g/mol. The Bertz CT molecular complexity index is 406. The summed E-state index contributed by atoms with van der Waals surface area (Å²) in [6, 6.07) is 0.837. The molecule has 1 amide bonds. The zero-order chi connectivity index (χ0) is 13.3. The quantitative estimate of drug-likeness (QED) is 0.881.